The van der Waals surface area contributed by atoms with Gasteiger partial charge < -0.3 is 5.73 Å². The molecule has 2 aromatic carbocycles. The Kier molecular flexibility index (Phi) is 3.19. The molecule has 3 nitrogen and oxygen atoms in total. The fraction of sp³-hybridized carbons (Fsp3) is 0.211. The predicted molar refractivity (Wildman–Crippen MR) is 90.1 cm³/mol. The van der Waals surface area contributed by atoms with Gasteiger partial charge in [-0.15, -0.1) is 0 Å². The first-order chi connectivity index (χ1) is 10.8. The monoisotopic (exact) mass is 289 g/mol. The molecule has 1 aromatic heterocycles. The maximum Gasteiger partial charge on any atom is 0.127 e. The van der Waals surface area contributed by atoms with Crippen LogP contribution in [0.1, 0.15) is 24.0 Å². The van der Waals surface area contributed by atoms with Crippen molar-refractivity contribution in [2.75, 3.05) is 5.73 Å². The number of aryl methyl sites for hydroxylation is 2. The second kappa shape index (κ2) is 5.34. The maximum atomic E-state index is 6.15. The van der Waals surface area contributed by atoms with Crippen molar-refractivity contribution in [3.8, 4) is 16.9 Å². The van der Waals surface area contributed by atoms with E-state index in [9.17, 15) is 0 Å². The van der Waals surface area contributed by atoms with Gasteiger partial charge in [0.1, 0.15) is 5.82 Å². The van der Waals surface area contributed by atoms with Crippen LogP contribution in [0.5, 0.6) is 0 Å². The third-order valence-corrected chi connectivity index (χ3v) is 4.38. The largest absolute Gasteiger partial charge is 0.384 e. The van der Waals surface area contributed by atoms with Crippen LogP contribution in [0.3, 0.4) is 0 Å². The lowest BCUT2D eigenvalue weighted by Gasteiger charge is -2.16. The Labute approximate surface area is 130 Å². The second-order valence-electron chi connectivity index (χ2n) is 5.89. The molecule has 0 saturated carbocycles. The van der Waals surface area contributed by atoms with Crippen molar-refractivity contribution < 1.29 is 0 Å². The first-order valence-corrected chi connectivity index (χ1v) is 7.84. The Morgan fingerprint density at radius 3 is 2.45 bits per heavy atom. The molecule has 4 rings (SSSR count). The molecule has 0 aliphatic heterocycles. The molecule has 3 heteroatoms. The molecule has 1 heterocycles. The van der Waals surface area contributed by atoms with Crippen LogP contribution in [0.2, 0.25) is 0 Å². The van der Waals surface area contributed by atoms with Gasteiger partial charge in [0.25, 0.3) is 0 Å². The van der Waals surface area contributed by atoms with Gasteiger partial charge in [0.2, 0.25) is 0 Å². The van der Waals surface area contributed by atoms with Crippen molar-refractivity contribution in [2.45, 2.75) is 25.7 Å². The zero-order valence-electron chi connectivity index (χ0n) is 12.5. The van der Waals surface area contributed by atoms with Gasteiger partial charge in [-0.2, -0.15) is 5.10 Å². The van der Waals surface area contributed by atoms with E-state index in [1.165, 1.54) is 36.8 Å². The molecular weight excluding hydrogens is 270 g/mol. The van der Waals surface area contributed by atoms with Crippen molar-refractivity contribution in [2.24, 2.45) is 0 Å². The van der Waals surface area contributed by atoms with Crippen molar-refractivity contribution in [3.63, 3.8) is 0 Å². The van der Waals surface area contributed by atoms with Gasteiger partial charge in [0.15, 0.2) is 0 Å². The van der Waals surface area contributed by atoms with Gasteiger partial charge in [0.05, 0.1) is 11.4 Å². The van der Waals surface area contributed by atoms with Crippen LogP contribution >= 0.6 is 0 Å². The van der Waals surface area contributed by atoms with Crippen molar-refractivity contribution in [1.29, 1.82) is 0 Å². The second-order valence-corrected chi connectivity index (χ2v) is 5.89. The molecule has 0 amide bonds. The van der Waals surface area contributed by atoms with Crippen LogP contribution in [0.25, 0.3) is 16.9 Å². The topological polar surface area (TPSA) is 43.8 Å². The Bertz CT molecular complexity index is 803. The third kappa shape index (κ3) is 2.29. The molecule has 22 heavy (non-hydrogen) atoms. The quantitative estimate of drug-likeness (QED) is 0.775. The Hall–Kier alpha value is -2.55. The van der Waals surface area contributed by atoms with Crippen molar-refractivity contribution >= 4 is 5.82 Å². The highest BCUT2D eigenvalue weighted by atomic mass is 15.3. The van der Waals surface area contributed by atoms with E-state index >= 15 is 0 Å². The summed E-state index contributed by atoms with van der Waals surface area (Å²) in [4.78, 5) is 0. The molecular formula is C19H19N3. The van der Waals surface area contributed by atoms with Gasteiger partial charge >= 0.3 is 0 Å². The first kappa shape index (κ1) is 13.1. The number of nitrogens with two attached hydrogens (primary N) is 1. The molecule has 0 saturated heterocycles. The van der Waals surface area contributed by atoms with Crippen LogP contribution < -0.4 is 5.73 Å². The number of nitrogens with zero attached hydrogens (tertiary/aromatic N) is 2. The fourth-order valence-corrected chi connectivity index (χ4v) is 3.21. The lowest BCUT2D eigenvalue weighted by atomic mass is 9.90. The third-order valence-electron chi connectivity index (χ3n) is 4.38. The highest BCUT2D eigenvalue weighted by Gasteiger charge is 2.13. The summed E-state index contributed by atoms with van der Waals surface area (Å²) in [6.45, 7) is 0. The summed E-state index contributed by atoms with van der Waals surface area (Å²) >= 11 is 0. The number of nitrogen functional groups attached to an aromatic ring is 1. The van der Waals surface area contributed by atoms with Gasteiger partial charge in [-0.1, -0.05) is 30.3 Å². The Balaban J connectivity index is 1.75. The number of rotatable bonds is 2. The standard InChI is InChI=1S/C19H19N3/c20-19-13-18(21-22(19)17-8-2-1-3-9-17)16-11-10-14-6-4-5-7-15(14)12-16/h1-3,8-13H,4-7,20H2. The van der Waals surface area contributed by atoms with Crippen LogP contribution in [-0.2, 0) is 12.8 Å². The summed E-state index contributed by atoms with van der Waals surface area (Å²) in [5, 5.41) is 4.69. The number of benzene rings is 2. The minimum Gasteiger partial charge on any atom is -0.384 e. The van der Waals surface area contributed by atoms with Crippen LogP contribution in [0.15, 0.2) is 54.6 Å². The molecule has 0 fully saturated rings. The Morgan fingerprint density at radius 1 is 0.864 bits per heavy atom. The number of aromatic nitrogens is 2. The smallest absolute Gasteiger partial charge is 0.127 e. The first-order valence-electron chi connectivity index (χ1n) is 7.84. The number of para-hydroxylation sites is 1. The van der Waals surface area contributed by atoms with Gasteiger partial charge in [-0.25, -0.2) is 4.68 Å². The minimum atomic E-state index is 0.666. The minimum absolute atomic E-state index is 0.666. The van der Waals surface area contributed by atoms with Crippen molar-refractivity contribution in [3.05, 3.63) is 65.7 Å². The van der Waals surface area contributed by atoms with Gasteiger partial charge in [-0.05, 0) is 55.0 Å². The fourth-order valence-electron chi connectivity index (χ4n) is 3.21. The Morgan fingerprint density at radius 2 is 1.64 bits per heavy atom. The molecule has 3 aromatic rings. The average molecular weight is 289 g/mol. The van der Waals surface area contributed by atoms with Gasteiger partial charge in [-0.3, -0.25) is 0 Å². The molecule has 1 aliphatic carbocycles. The number of hydrogen-bond donors (Lipinski definition) is 1. The molecule has 0 unspecified atom stereocenters. The van der Waals surface area contributed by atoms with Crippen molar-refractivity contribution in [1.82, 2.24) is 9.78 Å². The molecule has 0 spiro atoms. The SMILES string of the molecule is Nc1cc(-c2ccc3c(c2)CCCC3)nn1-c1ccccc1. The van der Waals surface area contributed by atoms with E-state index in [0.717, 1.165) is 16.9 Å². The highest BCUT2D eigenvalue weighted by molar-refractivity contribution is 5.65. The number of hydrogen-bond acceptors (Lipinski definition) is 2. The van der Waals surface area contributed by atoms with E-state index < -0.39 is 0 Å². The van der Waals surface area contributed by atoms with Crippen LogP contribution in [0.4, 0.5) is 5.82 Å². The van der Waals surface area contributed by atoms with E-state index in [4.69, 9.17) is 10.8 Å². The lowest BCUT2D eigenvalue weighted by Crippen LogP contribution is -2.02. The maximum absolute atomic E-state index is 6.15. The summed E-state index contributed by atoms with van der Waals surface area (Å²) in [6.07, 6.45) is 4.98. The summed E-state index contributed by atoms with van der Waals surface area (Å²) in [6, 6.07) is 18.7. The van der Waals surface area contributed by atoms with E-state index in [1.807, 2.05) is 36.4 Å². The normalized spacial score (nSPS) is 13.8. The molecule has 0 atom stereocenters. The van der Waals surface area contributed by atoms with E-state index in [1.54, 1.807) is 4.68 Å². The number of fused-ring (bicyclic) bond motifs is 1. The summed E-state index contributed by atoms with van der Waals surface area (Å²) in [5.74, 6) is 0.666. The molecule has 2 N–H and O–H groups in total. The zero-order chi connectivity index (χ0) is 14.9. The lowest BCUT2D eigenvalue weighted by molar-refractivity contribution is 0.686. The summed E-state index contributed by atoms with van der Waals surface area (Å²) in [5.41, 5.74) is 12.2. The van der Waals surface area contributed by atoms with E-state index in [-0.39, 0.29) is 0 Å². The zero-order valence-corrected chi connectivity index (χ0v) is 12.5. The van der Waals surface area contributed by atoms with Crippen LogP contribution in [-0.4, -0.2) is 9.78 Å². The summed E-state index contributed by atoms with van der Waals surface area (Å²) in [7, 11) is 0. The molecule has 110 valence electrons. The average Bonchev–Trinajstić information content (AvgIpc) is 2.97. The van der Waals surface area contributed by atoms with E-state index in [0.29, 0.717) is 5.82 Å². The van der Waals surface area contributed by atoms with Gasteiger partial charge in [0, 0.05) is 11.6 Å². The molecule has 1 aliphatic rings. The predicted octanol–water partition coefficient (Wildman–Crippen LogP) is 4.00. The highest BCUT2D eigenvalue weighted by Crippen LogP contribution is 2.28. The summed E-state index contributed by atoms with van der Waals surface area (Å²) < 4.78 is 1.80. The molecule has 0 bridgehead atoms. The van der Waals surface area contributed by atoms with Crippen LogP contribution in [0, 0.1) is 0 Å². The van der Waals surface area contributed by atoms with E-state index in [2.05, 4.69) is 18.2 Å². The molecule has 0 radical (unpaired) electrons. The number of anilines is 1.